The van der Waals surface area contributed by atoms with Gasteiger partial charge in [-0.25, -0.2) is 0 Å². The summed E-state index contributed by atoms with van der Waals surface area (Å²) in [5.74, 6) is -0.997. The van der Waals surface area contributed by atoms with Gasteiger partial charge in [0.2, 0.25) is 5.91 Å². The molecule has 38 heavy (non-hydrogen) atoms. The van der Waals surface area contributed by atoms with Crippen molar-refractivity contribution in [2.75, 3.05) is 16.4 Å². The molecule has 0 bridgehead atoms. The average Bonchev–Trinajstić information content (AvgIpc) is 2.88. The zero-order chi connectivity index (χ0) is 27.4. The number of aliphatic hydroxyl groups excluding tert-OH is 1. The Kier molecular flexibility index (Phi) is 8.34. The lowest BCUT2D eigenvalue weighted by Gasteiger charge is -2.43. The number of hydrogen-bond donors (Lipinski definition) is 2. The summed E-state index contributed by atoms with van der Waals surface area (Å²) in [5.41, 5.74) is 2.79. The second-order valence-electron chi connectivity index (χ2n) is 9.29. The fourth-order valence-corrected chi connectivity index (χ4v) is 4.93. The second kappa shape index (κ2) is 11.7. The molecule has 4 rings (SSSR count). The highest BCUT2D eigenvalue weighted by molar-refractivity contribution is 6.30. The molecule has 2 amide bonds. The van der Waals surface area contributed by atoms with Crippen molar-refractivity contribution in [1.82, 2.24) is 0 Å². The SMILES string of the molecule is CC(=O)N(c1ccc(Cl)cc1)C1CC(C)N(C(=O)c2ccc(OCC(O)CC(=O)O)cc2)c2ccccc21. The molecule has 3 aromatic rings. The Labute approximate surface area is 226 Å². The smallest absolute Gasteiger partial charge is 0.306 e. The van der Waals surface area contributed by atoms with E-state index in [-0.39, 0.29) is 30.5 Å². The van der Waals surface area contributed by atoms with Gasteiger partial charge >= 0.3 is 5.97 Å². The molecule has 0 saturated heterocycles. The number of carboxylic acid groups (broad SMARTS) is 1. The Hall–Kier alpha value is -3.88. The Balaban J connectivity index is 1.58. The van der Waals surface area contributed by atoms with Gasteiger partial charge in [-0.1, -0.05) is 29.8 Å². The van der Waals surface area contributed by atoms with Gasteiger partial charge in [0, 0.05) is 34.9 Å². The van der Waals surface area contributed by atoms with Crippen molar-refractivity contribution in [3.8, 4) is 5.75 Å². The molecule has 3 atom stereocenters. The van der Waals surface area contributed by atoms with Crippen LogP contribution in [0.5, 0.6) is 5.75 Å². The second-order valence-corrected chi connectivity index (χ2v) is 9.72. The molecule has 0 aromatic heterocycles. The maximum atomic E-state index is 13.7. The average molecular weight is 537 g/mol. The van der Waals surface area contributed by atoms with Crippen molar-refractivity contribution in [3.05, 3.63) is 88.9 Å². The van der Waals surface area contributed by atoms with Crippen LogP contribution in [-0.4, -0.2) is 46.7 Å². The van der Waals surface area contributed by atoms with Crippen molar-refractivity contribution in [3.63, 3.8) is 0 Å². The number of benzene rings is 3. The van der Waals surface area contributed by atoms with E-state index < -0.39 is 18.5 Å². The van der Waals surface area contributed by atoms with Crippen LogP contribution in [0.25, 0.3) is 0 Å². The molecular formula is C29H29ClN2O6. The van der Waals surface area contributed by atoms with E-state index in [0.29, 0.717) is 22.8 Å². The minimum Gasteiger partial charge on any atom is -0.491 e. The summed E-state index contributed by atoms with van der Waals surface area (Å²) < 4.78 is 5.45. The number of amides is 2. The Morgan fingerprint density at radius 2 is 1.71 bits per heavy atom. The highest BCUT2D eigenvalue weighted by Gasteiger charge is 2.38. The number of aliphatic hydroxyl groups is 1. The number of ether oxygens (including phenoxy) is 1. The highest BCUT2D eigenvalue weighted by Crippen LogP contribution is 2.43. The first-order chi connectivity index (χ1) is 18.2. The largest absolute Gasteiger partial charge is 0.491 e. The van der Waals surface area contributed by atoms with E-state index in [4.69, 9.17) is 21.4 Å². The molecule has 1 aliphatic heterocycles. The van der Waals surface area contributed by atoms with E-state index in [2.05, 4.69) is 0 Å². The number of rotatable bonds is 8. The summed E-state index contributed by atoms with van der Waals surface area (Å²) in [5, 5.41) is 19.0. The minimum absolute atomic E-state index is 0.108. The maximum absolute atomic E-state index is 13.7. The quantitative estimate of drug-likeness (QED) is 0.415. The number of halogens is 1. The summed E-state index contributed by atoms with van der Waals surface area (Å²) >= 11 is 6.07. The molecule has 0 spiro atoms. The number of hydrogen-bond acceptors (Lipinski definition) is 5. The van der Waals surface area contributed by atoms with E-state index in [1.54, 1.807) is 46.2 Å². The van der Waals surface area contributed by atoms with Gasteiger partial charge in [0.25, 0.3) is 5.91 Å². The summed E-state index contributed by atoms with van der Waals surface area (Å²) in [7, 11) is 0. The molecule has 1 heterocycles. The number of para-hydroxylation sites is 1. The van der Waals surface area contributed by atoms with Crippen molar-refractivity contribution in [1.29, 1.82) is 0 Å². The van der Waals surface area contributed by atoms with Gasteiger partial charge in [0.15, 0.2) is 0 Å². The van der Waals surface area contributed by atoms with Crippen LogP contribution >= 0.6 is 11.6 Å². The Morgan fingerprint density at radius 1 is 1.05 bits per heavy atom. The predicted octanol–water partition coefficient (Wildman–Crippen LogP) is 5.09. The van der Waals surface area contributed by atoms with Gasteiger partial charge in [0.05, 0.1) is 18.6 Å². The third kappa shape index (κ3) is 5.98. The third-order valence-electron chi connectivity index (χ3n) is 6.49. The zero-order valence-corrected chi connectivity index (χ0v) is 21.8. The van der Waals surface area contributed by atoms with Crippen molar-refractivity contribution >= 4 is 40.8 Å². The minimum atomic E-state index is -1.13. The van der Waals surface area contributed by atoms with E-state index in [0.717, 1.165) is 16.9 Å². The van der Waals surface area contributed by atoms with Crippen LogP contribution in [0, 0.1) is 0 Å². The summed E-state index contributed by atoms with van der Waals surface area (Å²) in [6.07, 6.45) is -1.01. The number of carboxylic acids is 1. The predicted molar refractivity (Wildman–Crippen MR) is 145 cm³/mol. The van der Waals surface area contributed by atoms with Gasteiger partial charge in [-0.2, -0.15) is 0 Å². The van der Waals surface area contributed by atoms with Crippen molar-refractivity contribution < 1.29 is 29.3 Å². The molecule has 0 fully saturated rings. The molecule has 3 aromatic carbocycles. The summed E-state index contributed by atoms with van der Waals surface area (Å²) in [6.45, 7) is 3.32. The molecule has 0 aliphatic carbocycles. The van der Waals surface area contributed by atoms with E-state index in [1.165, 1.54) is 6.92 Å². The molecular weight excluding hydrogens is 508 g/mol. The molecule has 0 radical (unpaired) electrons. The molecule has 0 saturated carbocycles. The number of aliphatic carboxylic acids is 1. The van der Waals surface area contributed by atoms with Crippen LogP contribution in [0.2, 0.25) is 5.02 Å². The normalized spacial score (nSPS) is 17.3. The number of nitrogens with zero attached hydrogens (tertiary/aromatic N) is 2. The maximum Gasteiger partial charge on any atom is 0.306 e. The van der Waals surface area contributed by atoms with Crippen LogP contribution in [0.3, 0.4) is 0 Å². The fraction of sp³-hybridized carbons (Fsp3) is 0.276. The first-order valence-corrected chi connectivity index (χ1v) is 12.6. The highest BCUT2D eigenvalue weighted by atomic mass is 35.5. The standard InChI is InChI=1S/C29H29ClN2O6/c1-18-15-27(32(19(2)33)22-11-9-21(30)10-12-22)25-5-3-4-6-26(25)31(18)29(37)20-7-13-24(14-8-20)38-17-23(34)16-28(35)36/h3-14,18,23,27,34H,15-17H2,1-2H3,(H,35,36). The first-order valence-electron chi connectivity index (χ1n) is 12.3. The Morgan fingerprint density at radius 3 is 2.34 bits per heavy atom. The first kappa shape index (κ1) is 27.2. The number of carbonyl (C=O) groups excluding carboxylic acids is 2. The molecule has 8 nitrogen and oxygen atoms in total. The van der Waals surface area contributed by atoms with Gasteiger partial charge < -0.3 is 24.7 Å². The van der Waals surface area contributed by atoms with Gasteiger partial charge in [-0.15, -0.1) is 0 Å². The number of fused-ring (bicyclic) bond motifs is 1. The van der Waals surface area contributed by atoms with Gasteiger partial charge in [0.1, 0.15) is 12.4 Å². The van der Waals surface area contributed by atoms with E-state index >= 15 is 0 Å². The fourth-order valence-electron chi connectivity index (χ4n) is 4.80. The van der Waals surface area contributed by atoms with Crippen LogP contribution in [0.4, 0.5) is 11.4 Å². The van der Waals surface area contributed by atoms with E-state index in [9.17, 15) is 19.5 Å². The molecule has 198 valence electrons. The Bertz CT molecular complexity index is 1310. The number of carbonyl (C=O) groups is 3. The van der Waals surface area contributed by atoms with E-state index in [1.807, 2.05) is 43.3 Å². The van der Waals surface area contributed by atoms with Crippen molar-refractivity contribution in [2.45, 2.75) is 44.9 Å². The number of anilines is 2. The monoisotopic (exact) mass is 536 g/mol. The molecule has 3 unspecified atom stereocenters. The summed E-state index contributed by atoms with van der Waals surface area (Å²) in [6, 6.07) is 20.8. The van der Waals surface area contributed by atoms with Crippen LogP contribution in [-0.2, 0) is 9.59 Å². The molecule has 2 N–H and O–H groups in total. The summed E-state index contributed by atoms with van der Waals surface area (Å²) in [4.78, 5) is 40.7. The van der Waals surface area contributed by atoms with Crippen LogP contribution < -0.4 is 14.5 Å². The lowest BCUT2D eigenvalue weighted by Crippen LogP contribution is -2.47. The molecule has 9 heteroatoms. The van der Waals surface area contributed by atoms with Crippen LogP contribution in [0.15, 0.2) is 72.8 Å². The molecule has 1 aliphatic rings. The lowest BCUT2D eigenvalue weighted by molar-refractivity contribution is -0.139. The van der Waals surface area contributed by atoms with Gasteiger partial charge in [-0.05, 0) is 73.5 Å². The lowest BCUT2D eigenvalue weighted by atomic mass is 9.89. The third-order valence-corrected chi connectivity index (χ3v) is 6.74. The van der Waals surface area contributed by atoms with Crippen LogP contribution in [0.1, 0.15) is 48.7 Å². The van der Waals surface area contributed by atoms with Gasteiger partial charge in [-0.3, -0.25) is 14.4 Å². The van der Waals surface area contributed by atoms with Crippen molar-refractivity contribution in [2.24, 2.45) is 0 Å². The topological polar surface area (TPSA) is 107 Å². The zero-order valence-electron chi connectivity index (χ0n) is 21.1.